The molecule has 0 bridgehead atoms. The summed E-state index contributed by atoms with van der Waals surface area (Å²) in [4.78, 5) is 11.8. The number of halogens is 3. The van der Waals surface area contributed by atoms with Crippen molar-refractivity contribution < 1.29 is 13.6 Å². The lowest BCUT2D eigenvalue weighted by atomic mass is 10.2. The Morgan fingerprint density at radius 3 is 2.81 bits per heavy atom. The van der Waals surface area contributed by atoms with Gasteiger partial charge in [-0.3, -0.25) is 4.79 Å². The van der Waals surface area contributed by atoms with Gasteiger partial charge in [-0.1, -0.05) is 6.07 Å². The van der Waals surface area contributed by atoms with Crippen LogP contribution in [0.5, 0.6) is 0 Å². The van der Waals surface area contributed by atoms with Crippen molar-refractivity contribution in [3.63, 3.8) is 0 Å². The topological polar surface area (TPSA) is 98.7 Å². The molecule has 21 heavy (non-hydrogen) atoms. The first-order chi connectivity index (χ1) is 9.52. The first-order valence-electron chi connectivity index (χ1n) is 5.71. The van der Waals surface area contributed by atoms with Crippen molar-refractivity contribution in [3.05, 3.63) is 36.2 Å². The normalized spacial score (nSPS) is 10.8. The number of hydrogen-bond acceptors (Lipinski definition) is 5. The second-order valence-electron chi connectivity index (χ2n) is 4.05. The van der Waals surface area contributed by atoms with Gasteiger partial charge in [0.15, 0.2) is 0 Å². The second-order valence-corrected chi connectivity index (χ2v) is 4.05. The van der Waals surface area contributed by atoms with Crippen LogP contribution in [0.1, 0.15) is 10.4 Å². The Hall–Kier alpha value is -2.13. The largest absolute Gasteiger partial charge is 0.346 e. The molecule has 114 valence electrons. The first kappa shape index (κ1) is 16.9. The number of aromatic nitrogens is 4. The number of nitrogens with two attached hydrogens (primary N) is 1. The minimum absolute atomic E-state index is 0. The number of benzene rings is 1. The van der Waals surface area contributed by atoms with Gasteiger partial charge in [-0.05, 0) is 28.6 Å². The number of carbonyl (C=O) groups excluding carboxylic acids is 1. The highest BCUT2D eigenvalue weighted by atomic mass is 35.5. The minimum Gasteiger partial charge on any atom is -0.346 e. The molecular weight excluding hydrogens is 306 g/mol. The second kappa shape index (κ2) is 7.04. The van der Waals surface area contributed by atoms with E-state index in [0.29, 0.717) is 5.69 Å². The molecule has 0 spiro atoms. The summed E-state index contributed by atoms with van der Waals surface area (Å²) < 4.78 is 27.3. The molecule has 0 unspecified atom stereocenters. The Balaban J connectivity index is 0.00000220. The average molecular weight is 319 g/mol. The van der Waals surface area contributed by atoms with Crippen molar-refractivity contribution in [1.82, 2.24) is 25.5 Å². The van der Waals surface area contributed by atoms with Crippen molar-refractivity contribution in [3.8, 4) is 5.69 Å². The van der Waals surface area contributed by atoms with Crippen molar-refractivity contribution >= 4 is 18.3 Å². The van der Waals surface area contributed by atoms with Crippen LogP contribution < -0.4 is 11.1 Å². The van der Waals surface area contributed by atoms with E-state index in [4.69, 9.17) is 5.73 Å². The molecule has 1 aromatic carbocycles. The molecule has 3 N–H and O–H groups in total. The highest BCUT2D eigenvalue weighted by molar-refractivity contribution is 5.94. The fraction of sp³-hybridized carbons (Fsp3) is 0.273. The first-order valence-corrected chi connectivity index (χ1v) is 5.71. The number of rotatable bonds is 5. The molecule has 1 aromatic heterocycles. The maximum Gasteiger partial charge on any atom is 0.277 e. The van der Waals surface area contributed by atoms with Gasteiger partial charge in [-0.2, -0.15) is 0 Å². The quantitative estimate of drug-likeness (QED) is 0.832. The van der Waals surface area contributed by atoms with Crippen LogP contribution >= 0.6 is 12.4 Å². The lowest BCUT2D eigenvalue weighted by molar-refractivity contribution is 0.0118. The van der Waals surface area contributed by atoms with Gasteiger partial charge >= 0.3 is 0 Å². The van der Waals surface area contributed by atoms with Crippen LogP contribution in [0.2, 0.25) is 0 Å². The number of hydrogen-bond donors (Lipinski definition) is 2. The molecule has 10 heteroatoms. The molecule has 0 saturated carbocycles. The maximum absolute atomic E-state index is 13.0. The van der Waals surface area contributed by atoms with Gasteiger partial charge in [0.2, 0.25) is 0 Å². The molecule has 0 fully saturated rings. The van der Waals surface area contributed by atoms with Crippen LogP contribution in [0.25, 0.3) is 5.69 Å². The molecule has 0 aliphatic heterocycles. The molecule has 0 atom stereocenters. The Morgan fingerprint density at radius 1 is 1.43 bits per heavy atom. The van der Waals surface area contributed by atoms with E-state index in [9.17, 15) is 13.6 Å². The molecular formula is C11H13ClF2N6O. The predicted molar refractivity (Wildman–Crippen MR) is 72.7 cm³/mol. The highest BCUT2D eigenvalue weighted by Crippen LogP contribution is 2.11. The summed E-state index contributed by atoms with van der Waals surface area (Å²) in [6, 6.07) is 6.28. The summed E-state index contributed by atoms with van der Waals surface area (Å²) in [5.41, 5.74) is 5.67. The number of nitrogens with one attached hydrogen (secondary N) is 1. The van der Waals surface area contributed by atoms with E-state index in [-0.39, 0.29) is 18.0 Å². The maximum atomic E-state index is 13.0. The lowest BCUT2D eigenvalue weighted by Crippen LogP contribution is -2.41. The average Bonchev–Trinajstić information content (AvgIpc) is 2.99. The van der Waals surface area contributed by atoms with Crippen LogP contribution in [0.3, 0.4) is 0 Å². The van der Waals surface area contributed by atoms with Gasteiger partial charge in [0, 0.05) is 5.56 Å². The summed E-state index contributed by atoms with van der Waals surface area (Å²) in [6.45, 7) is -1.63. The van der Waals surface area contributed by atoms with Crippen molar-refractivity contribution in [2.75, 3.05) is 13.1 Å². The zero-order chi connectivity index (χ0) is 14.6. The fourth-order valence-corrected chi connectivity index (χ4v) is 1.45. The van der Waals surface area contributed by atoms with Crippen molar-refractivity contribution in [2.24, 2.45) is 5.73 Å². The number of alkyl halides is 2. The Kier molecular flexibility index (Phi) is 5.68. The Labute approximate surface area is 124 Å². The number of amides is 1. The fourth-order valence-electron chi connectivity index (χ4n) is 1.45. The third-order valence-electron chi connectivity index (χ3n) is 2.53. The van der Waals surface area contributed by atoms with Crippen LogP contribution in [-0.2, 0) is 0 Å². The van der Waals surface area contributed by atoms with E-state index in [2.05, 4.69) is 20.8 Å². The third-order valence-corrected chi connectivity index (χ3v) is 2.53. The van der Waals surface area contributed by atoms with Gasteiger partial charge in [0.05, 0.1) is 18.8 Å². The number of nitrogens with zero attached hydrogens (tertiary/aromatic N) is 4. The van der Waals surface area contributed by atoms with Gasteiger partial charge in [-0.15, -0.1) is 17.5 Å². The summed E-state index contributed by atoms with van der Waals surface area (Å²) in [6.07, 6.45) is 1.36. The van der Waals surface area contributed by atoms with E-state index in [1.165, 1.54) is 23.1 Å². The molecule has 0 aliphatic carbocycles. The lowest BCUT2D eigenvalue weighted by Gasteiger charge is -2.14. The molecule has 0 radical (unpaired) electrons. The predicted octanol–water partition coefficient (Wildman–Crippen LogP) is 0.408. The molecule has 0 aliphatic rings. The van der Waals surface area contributed by atoms with Gasteiger partial charge < -0.3 is 11.1 Å². The summed E-state index contributed by atoms with van der Waals surface area (Å²) in [5, 5.41) is 12.7. The summed E-state index contributed by atoms with van der Waals surface area (Å²) in [5.74, 6) is -3.74. The van der Waals surface area contributed by atoms with Gasteiger partial charge in [0.1, 0.15) is 6.33 Å². The Bertz CT molecular complexity index is 592. The SMILES string of the molecule is Cl.NCC(F)(F)CNC(=O)c1cccc(-n2cnnn2)c1. The van der Waals surface area contributed by atoms with E-state index >= 15 is 0 Å². The molecule has 0 saturated heterocycles. The number of carbonyl (C=O) groups is 1. The smallest absolute Gasteiger partial charge is 0.277 e. The Morgan fingerprint density at radius 2 is 2.19 bits per heavy atom. The molecule has 1 heterocycles. The number of tetrazole rings is 1. The zero-order valence-corrected chi connectivity index (χ0v) is 11.6. The van der Waals surface area contributed by atoms with Gasteiger partial charge in [0.25, 0.3) is 11.8 Å². The van der Waals surface area contributed by atoms with E-state index in [1.807, 2.05) is 0 Å². The zero-order valence-electron chi connectivity index (χ0n) is 10.7. The monoisotopic (exact) mass is 318 g/mol. The molecule has 1 amide bonds. The van der Waals surface area contributed by atoms with E-state index in [1.54, 1.807) is 12.1 Å². The molecule has 7 nitrogen and oxygen atoms in total. The van der Waals surface area contributed by atoms with Crippen LogP contribution in [0.4, 0.5) is 8.78 Å². The van der Waals surface area contributed by atoms with E-state index in [0.717, 1.165) is 0 Å². The van der Waals surface area contributed by atoms with Crippen molar-refractivity contribution in [2.45, 2.75) is 5.92 Å². The van der Waals surface area contributed by atoms with Crippen LogP contribution in [0.15, 0.2) is 30.6 Å². The standard InChI is InChI=1S/C11H12F2N6O.ClH/c12-11(13,5-14)6-15-10(20)8-2-1-3-9(4-8)19-7-16-17-18-19;/h1-4,7H,5-6,14H2,(H,15,20);1H. The minimum atomic E-state index is -3.12. The van der Waals surface area contributed by atoms with Crippen molar-refractivity contribution in [1.29, 1.82) is 0 Å². The molecule has 2 aromatic rings. The van der Waals surface area contributed by atoms with E-state index < -0.39 is 24.9 Å². The van der Waals surface area contributed by atoms with Gasteiger partial charge in [-0.25, -0.2) is 13.5 Å². The van der Waals surface area contributed by atoms with Crippen LogP contribution in [0, 0.1) is 0 Å². The summed E-state index contributed by atoms with van der Waals surface area (Å²) >= 11 is 0. The summed E-state index contributed by atoms with van der Waals surface area (Å²) in [7, 11) is 0. The molecule has 2 rings (SSSR count). The van der Waals surface area contributed by atoms with Crippen LogP contribution in [-0.4, -0.2) is 45.1 Å². The third kappa shape index (κ3) is 4.43. The highest BCUT2D eigenvalue weighted by Gasteiger charge is 2.27.